The molecule has 202 valence electrons. The number of hydrogen-bond donors (Lipinski definition) is 7. The molecule has 3 aromatic rings. The first-order valence-corrected chi connectivity index (χ1v) is 14.7. The van der Waals surface area contributed by atoms with E-state index in [0.29, 0.717) is 0 Å². The molecule has 37 heavy (non-hydrogen) atoms. The molecule has 21 heteroatoms. The lowest BCUT2D eigenvalue weighted by Gasteiger charge is -2.20. The zero-order valence-corrected chi connectivity index (χ0v) is 21.0. The maximum absolute atomic E-state index is 12.2. The lowest BCUT2D eigenvalue weighted by Crippen LogP contribution is -2.33. The fraction of sp³-hybridized carbons (Fsp3) is 0.312. The van der Waals surface area contributed by atoms with Crippen LogP contribution in [0.1, 0.15) is 6.23 Å². The number of nitrogens with one attached hydrogen (secondary N) is 1. The van der Waals surface area contributed by atoms with E-state index in [2.05, 4.69) is 28.1 Å². The Kier molecular flexibility index (Phi) is 7.84. The summed E-state index contributed by atoms with van der Waals surface area (Å²) in [6.07, 6.45) is -3.61. The summed E-state index contributed by atoms with van der Waals surface area (Å²) in [5.41, 5.74) is 6.12. The molecule has 1 fully saturated rings. The fourth-order valence-electron chi connectivity index (χ4n) is 3.33. The summed E-state index contributed by atoms with van der Waals surface area (Å²) >= 11 is 0. The second-order valence-corrected chi connectivity index (χ2v) is 12.2. The Morgan fingerprint density at radius 2 is 1.70 bits per heavy atom. The van der Waals surface area contributed by atoms with Crippen LogP contribution in [0.25, 0.3) is 11.2 Å². The van der Waals surface area contributed by atoms with Crippen LogP contribution in [0.5, 0.6) is 0 Å². The van der Waals surface area contributed by atoms with E-state index in [1.54, 1.807) is 6.07 Å². The van der Waals surface area contributed by atoms with Crippen molar-refractivity contribution in [1.82, 2.24) is 19.5 Å². The summed E-state index contributed by atoms with van der Waals surface area (Å²) < 4.78 is 55.9. The summed E-state index contributed by atoms with van der Waals surface area (Å²) in [7, 11) is -16.1. The van der Waals surface area contributed by atoms with Crippen LogP contribution in [0, 0.1) is 0 Å². The van der Waals surface area contributed by atoms with Gasteiger partial charge in [0.15, 0.2) is 17.7 Å². The molecule has 0 radical (unpaired) electrons. The predicted octanol–water partition coefficient (Wildman–Crippen LogP) is 0.491. The van der Waals surface area contributed by atoms with Crippen LogP contribution in [0.3, 0.4) is 0 Å². The number of nitrogen functional groups attached to an aromatic ring is 1. The summed E-state index contributed by atoms with van der Waals surface area (Å²) in [6.45, 7) is -0.925. The molecule has 0 saturated carbocycles. The molecule has 3 heterocycles. The first-order valence-electron chi connectivity index (χ1n) is 10.1. The van der Waals surface area contributed by atoms with E-state index in [-0.39, 0.29) is 22.7 Å². The number of phosphoric acid groups is 2. The number of aromatic nitrogens is 4. The van der Waals surface area contributed by atoms with Gasteiger partial charge >= 0.3 is 23.4 Å². The van der Waals surface area contributed by atoms with E-state index in [9.17, 15) is 38.6 Å². The van der Waals surface area contributed by atoms with Crippen LogP contribution >= 0.6 is 23.4 Å². The minimum Gasteiger partial charge on any atom is -0.387 e. The first kappa shape index (κ1) is 27.7. The van der Waals surface area contributed by atoms with Crippen LogP contribution in [-0.2, 0) is 31.6 Å². The maximum atomic E-state index is 12.2. The molecule has 1 aliphatic rings. The second-order valence-electron chi connectivity index (χ2n) is 7.52. The average molecular weight is 582 g/mol. The second kappa shape index (κ2) is 10.5. The highest BCUT2D eigenvalue weighted by atomic mass is 31.3. The maximum Gasteiger partial charge on any atom is 0.489 e. The minimum atomic E-state index is -5.65. The van der Waals surface area contributed by atoms with E-state index in [1.807, 2.05) is 5.09 Å². The summed E-state index contributed by atoms with van der Waals surface area (Å²) in [5.74, 6) is 0.0529. The number of nitrogens with zero attached hydrogens (tertiary/aromatic N) is 4. The van der Waals surface area contributed by atoms with Crippen LogP contribution < -0.4 is 10.8 Å². The molecule has 2 aromatic heterocycles. The monoisotopic (exact) mass is 582 g/mol. The van der Waals surface area contributed by atoms with Gasteiger partial charge in [-0.15, -0.1) is 0 Å². The van der Waals surface area contributed by atoms with E-state index in [1.165, 1.54) is 35.2 Å². The van der Waals surface area contributed by atoms with Gasteiger partial charge in [-0.3, -0.25) is 14.2 Å². The Bertz CT molecular complexity index is 1410. The van der Waals surface area contributed by atoms with Crippen molar-refractivity contribution in [3.05, 3.63) is 43.0 Å². The van der Waals surface area contributed by atoms with Crippen molar-refractivity contribution >= 4 is 46.1 Å². The quantitative estimate of drug-likeness (QED) is 0.160. The van der Waals surface area contributed by atoms with Crippen molar-refractivity contribution < 1.29 is 56.5 Å². The summed E-state index contributed by atoms with van der Waals surface area (Å²) in [4.78, 5) is 41.1. The average Bonchev–Trinajstić information content (AvgIpc) is 3.33. The van der Waals surface area contributed by atoms with E-state index in [4.69, 9.17) is 10.5 Å². The number of imidazole rings is 1. The zero-order valence-electron chi connectivity index (χ0n) is 18.4. The fourth-order valence-corrected chi connectivity index (χ4v) is 7.04. The number of anilines is 2. The lowest BCUT2D eigenvalue weighted by atomic mass is 10.1. The van der Waals surface area contributed by atoms with Gasteiger partial charge in [-0.05, 0) is 12.1 Å². The van der Waals surface area contributed by atoms with Gasteiger partial charge in [0, 0.05) is 5.69 Å². The number of hydrogen-bond acceptors (Lipinski definition) is 13. The highest BCUT2D eigenvalue weighted by Gasteiger charge is 2.47. The van der Waals surface area contributed by atoms with Crippen LogP contribution in [0.2, 0.25) is 0 Å². The Hall–Kier alpha value is -2.30. The number of phosphoric ester groups is 1. The smallest absolute Gasteiger partial charge is 0.387 e. The third-order valence-electron chi connectivity index (χ3n) is 4.86. The molecule has 1 saturated heterocycles. The largest absolute Gasteiger partial charge is 0.489 e. The van der Waals surface area contributed by atoms with Gasteiger partial charge in [0.1, 0.15) is 30.2 Å². The normalized spacial score (nSPS) is 26.8. The molecule has 4 rings (SSSR count). The highest BCUT2D eigenvalue weighted by molar-refractivity contribution is 7.68. The van der Waals surface area contributed by atoms with Gasteiger partial charge in [0.25, 0.3) is 0 Å². The number of ether oxygens (including phenoxy) is 1. The van der Waals surface area contributed by atoms with Crippen molar-refractivity contribution in [3.8, 4) is 0 Å². The number of nitrogens with two attached hydrogens (primary N) is 1. The van der Waals surface area contributed by atoms with Gasteiger partial charge in [0.05, 0.1) is 12.9 Å². The molecule has 7 atom stereocenters. The SMILES string of the molecule is Nc1ncnc2c1ncn2[C@@H]1O[C@H](COP(=O)(O)OP(=O)(O)OP(=O)(O)Nc2ccccc2)C(O)[C@@H]1O. The Morgan fingerprint density at radius 1 is 1.00 bits per heavy atom. The number of rotatable bonds is 10. The number of benzene rings is 1. The molecule has 18 nitrogen and oxygen atoms in total. The molecule has 0 aliphatic carbocycles. The van der Waals surface area contributed by atoms with Crippen LogP contribution in [0.15, 0.2) is 43.0 Å². The number of aliphatic hydroxyl groups excluding tert-OH is 2. The van der Waals surface area contributed by atoms with Crippen LogP contribution in [-0.4, -0.2) is 69.3 Å². The van der Waals surface area contributed by atoms with Gasteiger partial charge in [0.2, 0.25) is 0 Å². The Labute approximate surface area is 207 Å². The Morgan fingerprint density at radius 3 is 2.41 bits per heavy atom. The molecular weight excluding hydrogens is 561 g/mol. The van der Waals surface area contributed by atoms with Crippen molar-refractivity contribution in [2.75, 3.05) is 17.4 Å². The topological polar surface area (TPSA) is 271 Å². The minimum absolute atomic E-state index is 0.0390. The standard InChI is InChI=1S/C16H21N6O12P3/c17-14-11-15(19-7-18-14)22(8-20-11)16-13(24)12(23)10(32-16)6-31-36(27,28)34-37(29,30)33-35(25,26)21-9-4-2-1-3-5-9/h1-5,7-8,10,12-13,16,23-24H,6H2,(H,27,28)(H,29,30)(H2,17,18,19)(H2,21,25,26)/t10-,12?,13+,16-/m1/s1. The van der Waals surface area contributed by atoms with Gasteiger partial charge in [-0.25, -0.2) is 28.6 Å². The summed E-state index contributed by atoms with van der Waals surface area (Å²) in [5, 5.41) is 22.7. The van der Waals surface area contributed by atoms with E-state index in [0.717, 1.165) is 6.33 Å². The molecule has 4 unspecified atom stereocenters. The van der Waals surface area contributed by atoms with Crippen molar-refractivity contribution in [1.29, 1.82) is 0 Å². The zero-order chi connectivity index (χ0) is 27.0. The van der Waals surface area contributed by atoms with Gasteiger partial charge < -0.3 is 35.4 Å². The third kappa shape index (κ3) is 6.59. The lowest BCUT2D eigenvalue weighted by molar-refractivity contribution is -0.0503. The predicted molar refractivity (Wildman–Crippen MR) is 123 cm³/mol. The van der Waals surface area contributed by atoms with Crippen molar-refractivity contribution in [2.24, 2.45) is 0 Å². The number of aliphatic hydroxyl groups is 2. The van der Waals surface area contributed by atoms with Gasteiger partial charge in [-0.2, -0.15) is 8.62 Å². The van der Waals surface area contributed by atoms with Crippen molar-refractivity contribution in [3.63, 3.8) is 0 Å². The van der Waals surface area contributed by atoms with E-state index < -0.39 is 54.5 Å². The Balaban J connectivity index is 1.38. The van der Waals surface area contributed by atoms with Crippen LogP contribution in [0.4, 0.5) is 11.5 Å². The molecule has 8 N–H and O–H groups in total. The third-order valence-corrected chi connectivity index (χ3v) is 9.24. The number of fused-ring (bicyclic) bond motifs is 1. The van der Waals surface area contributed by atoms with Crippen molar-refractivity contribution in [2.45, 2.75) is 24.5 Å². The molecule has 0 amide bonds. The number of para-hydroxylation sites is 1. The van der Waals surface area contributed by atoms with E-state index >= 15 is 0 Å². The van der Waals surface area contributed by atoms with Gasteiger partial charge in [-0.1, -0.05) is 18.2 Å². The molecular formula is C16H21N6O12P3. The molecule has 1 aliphatic heterocycles. The summed E-state index contributed by atoms with van der Waals surface area (Å²) in [6, 6.07) is 7.28. The molecule has 0 bridgehead atoms. The molecule has 0 spiro atoms. The highest BCUT2D eigenvalue weighted by Crippen LogP contribution is 2.67. The first-order chi connectivity index (χ1) is 17.3. The molecule has 1 aromatic carbocycles.